The molecule has 0 fully saturated rings. The zero-order valence-electron chi connectivity index (χ0n) is 17.8. The predicted octanol–water partition coefficient (Wildman–Crippen LogP) is 4.59. The van der Waals surface area contributed by atoms with Crippen LogP contribution in [-0.4, -0.2) is 40.1 Å². The fourth-order valence-corrected chi connectivity index (χ4v) is 3.69. The van der Waals surface area contributed by atoms with Gasteiger partial charge in [-0.25, -0.2) is 4.98 Å². The van der Waals surface area contributed by atoms with Crippen molar-refractivity contribution in [2.45, 2.75) is 26.1 Å². The molecule has 4 aromatic rings. The van der Waals surface area contributed by atoms with E-state index in [4.69, 9.17) is 4.98 Å². The lowest BCUT2D eigenvalue weighted by molar-refractivity contribution is 0.246. The van der Waals surface area contributed by atoms with Gasteiger partial charge in [0.05, 0.1) is 17.5 Å². The second-order valence-electron chi connectivity index (χ2n) is 7.92. The maximum absolute atomic E-state index is 4.89. The lowest BCUT2D eigenvalue weighted by Gasteiger charge is -2.23. The first-order chi connectivity index (χ1) is 14.7. The molecule has 0 aliphatic heterocycles. The zero-order chi connectivity index (χ0) is 20.8. The molecule has 0 bridgehead atoms. The van der Waals surface area contributed by atoms with E-state index in [0.29, 0.717) is 0 Å². The minimum atomic E-state index is 0.837. The molecule has 2 aromatic heterocycles. The highest BCUT2D eigenvalue weighted by Crippen LogP contribution is 2.17. The Kier molecular flexibility index (Phi) is 6.40. The summed E-state index contributed by atoms with van der Waals surface area (Å²) >= 11 is 0. The van der Waals surface area contributed by atoms with E-state index in [1.807, 2.05) is 24.8 Å². The third-order valence-electron chi connectivity index (χ3n) is 5.35. The maximum atomic E-state index is 4.89. The normalized spacial score (nSPS) is 11.3. The van der Waals surface area contributed by atoms with Crippen LogP contribution >= 0.6 is 0 Å². The summed E-state index contributed by atoms with van der Waals surface area (Å²) < 4.78 is 2.14. The fourth-order valence-electron chi connectivity index (χ4n) is 3.69. The number of hydrogen-bond acceptors (Lipinski definition) is 4. The number of anilines is 1. The Labute approximate surface area is 178 Å². The lowest BCUT2D eigenvalue weighted by Crippen LogP contribution is -2.25. The second kappa shape index (κ2) is 9.55. The van der Waals surface area contributed by atoms with Crippen molar-refractivity contribution in [1.82, 2.24) is 19.4 Å². The van der Waals surface area contributed by atoms with E-state index in [0.717, 1.165) is 43.8 Å². The number of aromatic nitrogens is 3. The summed E-state index contributed by atoms with van der Waals surface area (Å²) in [7, 11) is 4.14. The summed E-state index contributed by atoms with van der Waals surface area (Å²) in [6.07, 6.45) is 6.81. The Bertz CT molecular complexity index is 1050. The Balaban J connectivity index is 1.47. The van der Waals surface area contributed by atoms with Gasteiger partial charge >= 0.3 is 0 Å². The van der Waals surface area contributed by atoms with E-state index in [-0.39, 0.29) is 0 Å². The molecule has 0 spiro atoms. The number of imidazole rings is 1. The third kappa shape index (κ3) is 5.24. The largest absolute Gasteiger partial charge is 0.378 e. The Morgan fingerprint density at radius 2 is 1.73 bits per heavy atom. The van der Waals surface area contributed by atoms with Gasteiger partial charge in [0.15, 0.2) is 0 Å². The lowest BCUT2D eigenvalue weighted by atomic mass is 10.1. The van der Waals surface area contributed by atoms with Crippen LogP contribution in [0.4, 0.5) is 5.69 Å². The van der Waals surface area contributed by atoms with Crippen molar-refractivity contribution in [2.75, 3.05) is 25.5 Å². The molecule has 0 aliphatic carbocycles. The average Bonchev–Trinajstić information content (AvgIpc) is 3.27. The van der Waals surface area contributed by atoms with Crippen molar-refractivity contribution in [2.24, 2.45) is 0 Å². The van der Waals surface area contributed by atoms with Gasteiger partial charge < -0.3 is 9.47 Å². The third-order valence-corrected chi connectivity index (χ3v) is 5.35. The van der Waals surface area contributed by atoms with Gasteiger partial charge in [0.25, 0.3) is 0 Å². The van der Waals surface area contributed by atoms with Crippen molar-refractivity contribution in [3.05, 3.63) is 90.6 Å². The topological polar surface area (TPSA) is 37.2 Å². The first kappa shape index (κ1) is 20.1. The molecule has 30 heavy (non-hydrogen) atoms. The predicted molar refractivity (Wildman–Crippen MR) is 123 cm³/mol. The number of hydrogen-bond donors (Lipinski definition) is 0. The van der Waals surface area contributed by atoms with Crippen LogP contribution in [0.5, 0.6) is 0 Å². The summed E-state index contributed by atoms with van der Waals surface area (Å²) in [5, 5.41) is 1.19. The molecule has 0 N–H and O–H groups in total. The number of nitrogens with zero attached hydrogens (tertiary/aromatic N) is 5. The Morgan fingerprint density at radius 3 is 2.50 bits per heavy atom. The molecular formula is C25H29N5. The van der Waals surface area contributed by atoms with Gasteiger partial charge in [0, 0.05) is 63.7 Å². The second-order valence-corrected chi connectivity index (χ2v) is 7.92. The minimum absolute atomic E-state index is 0.837. The monoisotopic (exact) mass is 399 g/mol. The first-order valence-electron chi connectivity index (χ1n) is 10.5. The van der Waals surface area contributed by atoms with Crippen molar-refractivity contribution in [3.63, 3.8) is 0 Å². The van der Waals surface area contributed by atoms with Gasteiger partial charge in [0.1, 0.15) is 0 Å². The van der Waals surface area contributed by atoms with E-state index >= 15 is 0 Å². The van der Waals surface area contributed by atoms with Gasteiger partial charge in [0.2, 0.25) is 0 Å². The maximum Gasteiger partial charge on any atom is 0.0945 e. The molecule has 154 valence electrons. The molecule has 0 aliphatic rings. The molecule has 2 aromatic carbocycles. The molecule has 5 heteroatoms. The smallest absolute Gasteiger partial charge is 0.0945 e. The molecule has 0 saturated carbocycles. The van der Waals surface area contributed by atoms with E-state index in [9.17, 15) is 0 Å². The van der Waals surface area contributed by atoms with Crippen LogP contribution in [0.1, 0.15) is 17.7 Å². The molecule has 5 nitrogen and oxygen atoms in total. The van der Waals surface area contributed by atoms with Crippen molar-refractivity contribution >= 4 is 16.6 Å². The summed E-state index contributed by atoms with van der Waals surface area (Å²) in [4.78, 5) is 13.6. The number of benzene rings is 2. The average molecular weight is 400 g/mol. The summed E-state index contributed by atoms with van der Waals surface area (Å²) in [6.45, 7) is 3.72. The van der Waals surface area contributed by atoms with Gasteiger partial charge in [-0.3, -0.25) is 9.88 Å². The van der Waals surface area contributed by atoms with E-state index in [1.54, 1.807) is 0 Å². The fraction of sp³-hybridized carbons (Fsp3) is 0.280. The molecular weight excluding hydrogens is 370 g/mol. The zero-order valence-corrected chi connectivity index (χ0v) is 17.8. The van der Waals surface area contributed by atoms with Gasteiger partial charge in [-0.2, -0.15) is 0 Å². The minimum Gasteiger partial charge on any atom is -0.378 e. The van der Waals surface area contributed by atoms with Gasteiger partial charge in [-0.1, -0.05) is 36.4 Å². The number of pyridine rings is 1. The standard InChI is InChI=1S/C25H29N5/c1-28(2)24-12-8-21(9-13-24)18-30(16-5-15-29-17-14-26-20-29)19-23-11-10-22-6-3-4-7-25(22)27-23/h3-4,6-14,17,20H,5,15-16,18-19H2,1-2H3. The highest BCUT2D eigenvalue weighted by molar-refractivity contribution is 5.78. The van der Waals surface area contributed by atoms with Crippen molar-refractivity contribution < 1.29 is 0 Å². The van der Waals surface area contributed by atoms with Crippen LogP contribution in [0.25, 0.3) is 10.9 Å². The van der Waals surface area contributed by atoms with Gasteiger partial charge in [-0.05, 0) is 36.2 Å². The van der Waals surface area contributed by atoms with E-state index in [1.165, 1.54) is 16.6 Å². The molecule has 0 amide bonds. The Hall–Kier alpha value is -3.18. The van der Waals surface area contributed by atoms with Crippen LogP contribution in [0, 0.1) is 0 Å². The molecule has 0 saturated heterocycles. The van der Waals surface area contributed by atoms with Crippen LogP contribution in [-0.2, 0) is 19.6 Å². The SMILES string of the molecule is CN(C)c1ccc(CN(CCCn2ccnc2)Cc2ccc3ccccc3n2)cc1. The number of rotatable bonds is 9. The van der Waals surface area contributed by atoms with Crippen LogP contribution in [0.3, 0.4) is 0 Å². The van der Waals surface area contributed by atoms with Crippen molar-refractivity contribution in [3.8, 4) is 0 Å². The molecule has 0 unspecified atom stereocenters. The molecule has 0 atom stereocenters. The molecule has 4 rings (SSSR count). The number of para-hydroxylation sites is 1. The Morgan fingerprint density at radius 1 is 0.900 bits per heavy atom. The van der Waals surface area contributed by atoms with E-state index in [2.05, 4.69) is 88.0 Å². The summed E-state index contributed by atoms with van der Waals surface area (Å²) in [5.74, 6) is 0. The van der Waals surface area contributed by atoms with Gasteiger partial charge in [-0.15, -0.1) is 0 Å². The summed E-state index contributed by atoms with van der Waals surface area (Å²) in [5.41, 5.74) is 4.72. The van der Waals surface area contributed by atoms with Crippen LogP contribution in [0.2, 0.25) is 0 Å². The first-order valence-corrected chi connectivity index (χ1v) is 10.5. The highest BCUT2D eigenvalue weighted by Gasteiger charge is 2.10. The van der Waals surface area contributed by atoms with E-state index < -0.39 is 0 Å². The van der Waals surface area contributed by atoms with Crippen molar-refractivity contribution in [1.29, 1.82) is 0 Å². The number of fused-ring (bicyclic) bond motifs is 1. The quantitative estimate of drug-likeness (QED) is 0.413. The molecule has 2 heterocycles. The van der Waals surface area contributed by atoms with Crippen LogP contribution < -0.4 is 4.90 Å². The number of aryl methyl sites for hydroxylation is 1. The summed E-state index contributed by atoms with van der Waals surface area (Å²) in [6, 6.07) is 21.5. The van der Waals surface area contributed by atoms with Crippen LogP contribution in [0.15, 0.2) is 79.4 Å². The highest BCUT2D eigenvalue weighted by atomic mass is 15.1. The molecule has 0 radical (unpaired) electrons.